The van der Waals surface area contributed by atoms with E-state index in [9.17, 15) is 9.59 Å². The Balaban J connectivity index is 1.58. The van der Waals surface area contributed by atoms with E-state index >= 15 is 0 Å². The van der Waals surface area contributed by atoms with Crippen molar-refractivity contribution in [2.75, 3.05) is 17.3 Å². The number of anilines is 1. The maximum atomic E-state index is 12.7. The molecule has 0 saturated carbocycles. The van der Waals surface area contributed by atoms with Crippen molar-refractivity contribution in [2.24, 2.45) is 0 Å². The molecule has 1 aliphatic heterocycles. The minimum absolute atomic E-state index is 0.0876. The highest BCUT2D eigenvalue weighted by molar-refractivity contribution is 8.01. The number of para-hydroxylation sites is 1. The molecule has 0 bridgehead atoms. The van der Waals surface area contributed by atoms with E-state index in [-0.39, 0.29) is 24.3 Å². The third-order valence-electron chi connectivity index (χ3n) is 3.96. The van der Waals surface area contributed by atoms with Crippen LogP contribution < -0.4 is 4.90 Å². The highest BCUT2D eigenvalue weighted by Crippen LogP contribution is 2.33. The molecule has 1 aromatic carbocycles. The summed E-state index contributed by atoms with van der Waals surface area (Å²) in [6.07, 6.45) is 1.07. The molecule has 0 radical (unpaired) electrons. The van der Waals surface area contributed by atoms with Gasteiger partial charge in [0.2, 0.25) is 5.91 Å². The van der Waals surface area contributed by atoms with Crippen LogP contribution in [0.25, 0.3) is 0 Å². The fraction of sp³-hybridized carbons (Fsp3) is 0.389. The van der Waals surface area contributed by atoms with E-state index in [0.29, 0.717) is 18.1 Å². The summed E-state index contributed by atoms with van der Waals surface area (Å²) in [4.78, 5) is 30.4. The van der Waals surface area contributed by atoms with Crippen LogP contribution in [0, 0.1) is 0 Å². The van der Waals surface area contributed by atoms with Crippen LogP contribution in [0.4, 0.5) is 5.69 Å². The van der Waals surface area contributed by atoms with Crippen molar-refractivity contribution < 1.29 is 14.3 Å². The lowest BCUT2D eigenvalue weighted by Crippen LogP contribution is -2.36. The number of nitrogens with zero attached hydrogens (tertiary/aromatic N) is 2. The van der Waals surface area contributed by atoms with Gasteiger partial charge in [0.05, 0.1) is 24.5 Å². The zero-order valence-corrected chi connectivity index (χ0v) is 15.9. The summed E-state index contributed by atoms with van der Waals surface area (Å²) < 4.78 is 5.72. The monoisotopic (exact) mass is 376 g/mol. The molecule has 5 nitrogen and oxygen atoms in total. The molecule has 0 aliphatic carbocycles. The lowest BCUT2D eigenvalue weighted by Gasteiger charge is -2.22. The normalized spacial score (nSPS) is 15.9. The van der Waals surface area contributed by atoms with Crippen molar-refractivity contribution in [3.8, 4) is 0 Å². The predicted molar refractivity (Wildman–Crippen MR) is 100 cm³/mol. The van der Waals surface area contributed by atoms with Gasteiger partial charge >= 0.3 is 5.97 Å². The molecule has 1 atom stereocenters. The molecular formula is C18H20N2O3S2. The number of carbonyl (C=O) groups is 2. The molecule has 2 heterocycles. The number of fused-ring (bicyclic) bond motifs is 1. The topological polar surface area (TPSA) is 59.5 Å². The van der Waals surface area contributed by atoms with Crippen molar-refractivity contribution in [1.82, 2.24) is 4.98 Å². The van der Waals surface area contributed by atoms with Crippen molar-refractivity contribution in [3.63, 3.8) is 0 Å². The summed E-state index contributed by atoms with van der Waals surface area (Å²) >= 11 is 2.87. The Labute approximate surface area is 155 Å². The summed E-state index contributed by atoms with van der Waals surface area (Å²) in [6, 6.07) is 8.24. The quantitative estimate of drug-likeness (QED) is 0.572. The number of thioether (sulfide) groups is 1. The van der Waals surface area contributed by atoms with Gasteiger partial charge in [-0.05, 0) is 31.9 Å². The van der Waals surface area contributed by atoms with Crippen LogP contribution in [-0.4, -0.2) is 35.3 Å². The molecule has 7 heteroatoms. The van der Waals surface area contributed by atoms with Crippen LogP contribution >= 0.6 is 23.1 Å². The molecule has 0 unspecified atom stereocenters. The van der Waals surface area contributed by atoms with Gasteiger partial charge in [-0.2, -0.15) is 0 Å². The van der Waals surface area contributed by atoms with Gasteiger partial charge in [-0.25, -0.2) is 4.98 Å². The van der Waals surface area contributed by atoms with Crippen LogP contribution in [0.1, 0.15) is 25.1 Å². The van der Waals surface area contributed by atoms with Crippen LogP contribution in [0.3, 0.4) is 0 Å². The molecular weight excluding hydrogens is 356 g/mol. The van der Waals surface area contributed by atoms with E-state index in [1.165, 1.54) is 28.7 Å². The first kappa shape index (κ1) is 17.9. The Morgan fingerprint density at radius 2 is 2.20 bits per heavy atom. The molecule has 0 saturated heterocycles. The van der Waals surface area contributed by atoms with E-state index in [1.54, 1.807) is 6.92 Å². The fourth-order valence-electron chi connectivity index (χ4n) is 2.93. The number of hydrogen-bond acceptors (Lipinski definition) is 6. The highest BCUT2D eigenvalue weighted by atomic mass is 32.2. The zero-order valence-electron chi connectivity index (χ0n) is 14.2. The Hall–Kier alpha value is -1.86. The van der Waals surface area contributed by atoms with Crippen LogP contribution in [0.2, 0.25) is 0 Å². The molecule has 0 fully saturated rings. The van der Waals surface area contributed by atoms with Crippen LogP contribution in [-0.2, 0) is 27.2 Å². The molecule has 0 spiro atoms. The molecule has 0 N–H and O–H groups in total. The summed E-state index contributed by atoms with van der Waals surface area (Å²) in [7, 11) is 0. The minimum Gasteiger partial charge on any atom is -0.466 e. The van der Waals surface area contributed by atoms with Crippen molar-refractivity contribution >= 4 is 40.7 Å². The van der Waals surface area contributed by atoms with Gasteiger partial charge in [0.1, 0.15) is 0 Å². The number of amides is 1. The van der Waals surface area contributed by atoms with Crippen LogP contribution in [0.15, 0.2) is 34.0 Å². The fourth-order valence-corrected chi connectivity index (χ4v) is 4.64. The smallest absolute Gasteiger partial charge is 0.311 e. The third-order valence-corrected chi connectivity index (χ3v) is 6.01. The second-order valence-electron chi connectivity index (χ2n) is 5.82. The van der Waals surface area contributed by atoms with Crippen molar-refractivity contribution in [1.29, 1.82) is 0 Å². The SMILES string of the molecule is CCOC(=O)Cc1csc(SCC(=O)N2c3ccccc3C[C@@H]2C)n1. The average Bonchev–Trinajstić information content (AvgIpc) is 3.16. The third kappa shape index (κ3) is 4.22. The Morgan fingerprint density at radius 3 is 3.00 bits per heavy atom. The lowest BCUT2D eigenvalue weighted by molar-refractivity contribution is -0.142. The molecule has 2 aromatic rings. The van der Waals surface area contributed by atoms with Gasteiger partial charge in [0, 0.05) is 17.1 Å². The molecule has 1 aromatic heterocycles. The minimum atomic E-state index is -0.275. The second kappa shape index (κ2) is 8.01. The maximum Gasteiger partial charge on any atom is 0.311 e. The van der Waals surface area contributed by atoms with Gasteiger partial charge in [-0.3, -0.25) is 9.59 Å². The van der Waals surface area contributed by atoms with Crippen LogP contribution in [0.5, 0.6) is 0 Å². The zero-order chi connectivity index (χ0) is 17.8. The van der Waals surface area contributed by atoms with Gasteiger partial charge in [0.25, 0.3) is 0 Å². The van der Waals surface area contributed by atoms with Crippen molar-refractivity contribution in [2.45, 2.75) is 37.1 Å². The summed E-state index contributed by atoms with van der Waals surface area (Å²) in [5.74, 6) is 0.151. The number of carbonyl (C=O) groups excluding carboxylic acids is 2. The van der Waals surface area contributed by atoms with E-state index in [1.807, 2.05) is 28.5 Å². The van der Waals surface area contributed by atoms with Gasteiger partial charge in [0.15, 0.2) is 4.34 Å². The number of ether oxygens (including phenoxy) is 1. The summed E-state index contributed by atoms with van der Waals surface area (Å²) in [5, 5.41) is 1.84. The van der Waals surface area contributed by atoms with Gasteiger partial charge < -0.3 is 9.64 Å². The molecule has 1 amide bonds. The van der Waals surface area contributed by atoms with E-state index < -0.39 is 0 Å². The number of esters is 1. The summed E-state index contributed by atoms with van der Waals surface area (Å²) in [6.45, 7) is 4.22. The average molecular weight is 377 g/mol. The second-order valence-corrected chi connectivity index (χ2v) is 7.90. The largest absolute Gasteiger partial charge is 0.466 e. The maximum absolute atomic E-state index is 12.7. The van der Waals surface area contributed by atoms with Crippen molar-refractivity contribution in [3.05, 3.63) is 40.9 Å². The molecule has 3 rings (SSSR count). The molecule has 132 valence electrons. The Morgan fingerprint density at radius 1 is 1.40 bits per heavy atom. The Bertz CT molecular complexity index is 775. The number of rotatable bonds is 6. The first-order chi connectivity index (χ1) is 12.1. The van der Waals surface area contributed by atoms with Gasteiger partial charge in [-0.15, -0.1) is 11.3 Å². The number of benzene rings is 1. The number of thiazole rings is 1. The highest BCUT2D eigenvalue weighted by Gasteiger charge is 2.30. The standard InChI is InChI=1S/C18H20N2O3S2/c1-3-23-17(22)9-14-10-24-18(19-14)25-11-16(21)20-12(2)8-13-6-4-5-7-15(13)20/h4-7,10,12H,3,8-9,11H2,1-2H3/t12-/m0/s1. The first-order valence-electron chi connectivity index (χ1n) is 8.21. The summed E-state index contributed by atoms with van der Waals surface area (Å²) in [5.41, 5.74) is 2.93. The first-order valence-corrected chi connectivity index (χ1v) is 10.1. The molecule has 25 heavy (non-hydrogen) atoms. The van der Waals surface area contributed by atoms with E-state index in [0.717, 1.165) is 16.4 Å². The molecule has 1 aliphatic rings. The van der Waals surface area contributed by atoms with E-state index in [4.69, 9.17) is 4.74 Å². The lowest BCUT2D eigenvalue weighted by atomic mass is 10.1. The number of aromatic nitrogens is 1. The number of hydrogen-bond donors (Lipinski definition) is 0. The van der Waals surface area contributed by atoms with E-state index in [2.05, 4.69) is 18.0 Å². The predicted octanol–water partition coefficient (Wildman–Crippen LogP) is 3.32. The Kier molecular flexibility index (Phi) is 5.75. The van der Waals surface area contributed by atoms with Gasteiger partial charge in [-0.1, -0.05) is 30.0 Å².